The molecule has 0 N–H and O–H groups in total. The summed E-state index contributed by atoms with van der Waals surface area (Å²) in [6.45, 7) is 2.33. The maximum atomic E-state index is 11.8. The first-order valence-electron chi connectivity index (χ1n) is 10.2. The molecule has 0 bridgehead atoms. The Morgan fingerprint density at radius 1 is 1.00 bits per heavy atom. The predicted octanol–water partition coefficient (Wildman–Crippen LogP) is 6.16. The average Bonchev–Trinajstić information content (AvgIpc) is 3.10. The van der Waals surface area contributed by atoms with Gasteiger partial charge in [-0.3, -0.25) is 0 Å². The normalized spacial score (nSPS) is 16.5. The van der Waals surface area contributed by atoms with Gasteiger partial charge in [-0.25, -0.2) is 13.4 Å². The molecule has 30 heavy (non-hydrogen) atoms. The lowest BCUT2D eigenvalue weighted by molar-refractivity contribution is 0.509. The number of sulfone groups is 1. The van der Waals surface area contributed by atoms with Gasteiger partial charge in [-0.05, 0) is 60.1 Å². The molecule has 0 fully saturated rings. The third-order valence-corrected chi connectivity index (χ3v) is 8.21. The molecule has 0 saturated heterocycles. The van der Waals surface area contributed by atoms with E-state index >= 15 is 0 Å². The SMILES string of the molecule is C[C@H]1CCc2c(sc3nc(-c4ccc(S(C)(=O)=O)cc4)cc(-c4ccccc4)c23)C1. The van der Waals surface area contributed by atoms with Crippen molar-refractivity contribution < 1.29 is 8.42 Å². The van der Waals surface area contributed by atoms with Gasteiger partial charge in [0.05, 0.1) is 10.6 Å². The van der Waals surface area contributed by atoms with Gasteiger partial charge in [-0.1, -0.05) is 49.4 Å². The Balaban J connectivity index is 1.73. The van der Waals surface area contributed by atoms with Crippen molar-refractivity contribution in [2.45, 2.75) is 31.1 Å². The second-order valence-electron chi connectivity index (χ2n) is 8.25. The molecule has 152 valence electrons. The van der Waals surface area contributed by atoms with Crippen molar-refractivity contribution in [1.82, 2.24) is 4.98 Å². The van der Waals surface area contributed by atoms with E-state index < -0.39 is 9.84 Å². The monoisotopic (exact) mass is 433 g/mol. The Hall–Kier alpha value is -2.50. The molecule has 0 spiro atoms. The summed E-state index contributed by atoms with van der Waals surface area (Å²) in [7, 11) is -3.21. The zero-order valence-electron chi connectivity index (χ0n) is 17.1. The van der Waals surface area contributed by atoms with E-state index in [1.165, 1.54) is 39.6 Å². The van der Waals surface area contributed by atoms with Gasteiger partial charge in [-0.15, -0.1) is 11.3 Å². The largest absolute Gasteiger partial charge is 0.237 e. The number of pyridine rings is 1. The number of thiophene rings is 1. The zero-order valence-corrected chi connectivity index (χ0v) is 18.7. The fourth-order valence-corrected chi connectivity index (χ4v) is 6.35. The second-order valence-corrected chi connectivity index (χ2v) is 11.3. The van der Waals surface area contributed by atoms with Crippen LogP contribution in [0, 0.1) is 5.92 Å². The summed E-state index contributed by atoms with van der Waals surface area (Å²) in [5, 5.41) is 1.30. The van der Waals surface area contributed by atoms with Crippen molar-refractivity contribution in [3.63, 3.8) is 0 Å². The Bertz CT molecular complexity index is 1340. The van der Waals surface area contributed by atoms with Gasteiger partial charge >= 0.3 is 0 Å². The molecule has 0 radical (unpaired) electrons. The van der Waals surface area contributed by atoms with Crippen LogP contribution in [0.2, 0.25) is 0 Å². The molecule has 0 aliphatic heterocycles. The summed E-state index contributed by atoms with van der Waals surface area (Å²) in [6.07, 6.45) is 4.70. The highest BCUT2D eigenvalue weighted by molar-refractivity contribution is 7.90. The van der Waals surface area contributed by atoms with E-state index in [0.717, 1.165) is 28.9 Å². The van der Waals surface area contributed by atoms with Crippen molar-refractivity contribution in [2.24, 2.45) is 5.92 Å². The van der Waals surface area contributed by atoms with Crippen LogP contribution in [-0.4, -0.2) is 19.7 Å². The van der Waals surface area contributed by atoms with Crippen LogP contribution in [-0.2, 0) is 22.7 Å². The van der Waals surface area contributed by atoms with E-state index in [9.17, 15) is 8.42 Å². The molecule has 0 amide bonds. The van der Waals surface area contributed by atoms with Crippen molar-refractivity contribution in [1.29, 1.82) is 0 Å². The molecule has 1 aliphatic rings. The van der Waals surface area contributed by atoms with Gasteiger partial charge < -0.3 is 0 Å². The van der Waals surface area contributed by atoms with Crippen LogP contribution in [0.3, 0.4) is 0 Å². The van der Waals surface area contributed by atoms with Gasteiger partial charge in [0.15, 0.2) is 9.84 Å². The predicted molar refractivity (Wildman–Crippen MR) is 125 cm³/mol. The van der Waals surface area contributed by atoms with Crippen molar-refractivity contribution in [3.8, 4) is 22.4 Å². The Morgan fingerprint density at radius 3 is 2.43 bits per heavy atom. The van der Waals surface area contributed by atoms with Crippen molar-refractivity contribution in [3.05, 3.63) is 71.1 Å². The Morgan fingerprint density at radius 2 is 1.73 bits per heavy atom. The van der Waals surface area contributed by atoms with E-state index in [1.54, 1.807) is 12.1 Å². The molecule has 2 heterocycles. The number of nitrogens with zero attached hydrogens (tertiary/aromatic N) is 1. The van der Waals surface area contributed by atoms with Gasteiger partial charge in [0.2, 0.25) is 0 Å². The first kappa shape index (κ1) is 19.5. The maximum absolute atomic E-state index is 11.8. The van der Waals surface area contributed by atoms with Crippen LogP contribution < -0.4 is 0 Å². The molecular formula is C25H23NO2S2. The maximum Gasteiger partial charge on any atom is 0.175 e. The molecule has 1 atom stereocenters. The number of benzene rings is 2. The van der Waals surface area contributed by atoms with Crippen molar-refractivity contribution >= 4 is 31.4 Å². The zero-order chi connectivity index (χ0) is 20.9. The van der Waals surface area contributed by atoms with Crippen LogP contribution in [0.25, 0.3) is 32.6 Å². The number of hydrogen-bond acceptors (Lipinski definition) is 4. The average molecular weight is 434 g/mol. The molecular weight excluding hydrogens is 410 g/mol. The number of hydrogen-bond donors (Lipinski definition) is 0. The van der Waals surface area contributed by atoms with Crippen molar-refractivity contribution in [2.75, 3.05) is 6.26 Å². The third kappa shape index (κ3) is 3.46. The van der Waals surface area contributed by atoms with E-state index in [0.29, 0.717) is 10.8 Å². The first-order valence-corrected chi connectivity index (χ1v) is 12.9. The molecule has 5 rings (SSSR count). The summed E-state index contributed by atoms with van der Waals surface area (Å²) in [5.41, 5.74) is 5.70. The van der Waals surface area contributed by atoms with E-state index in [2.05, 4.69) is 37.3 Å². The molecule has 0 saturated carbocycles. The van der Waals surface area contributed by atoms with E-state index in [1.807, 2.05) is 29.5 Å². The molecule has 0 unspecified atom stereocenters. The van der Waals surface area contributed by atoms with E-state index in [-0.39, 0.29) is 0 Å². The van der Waals surface area contributed by atoms with Gasteiger partial charge in [0, 0.05) is 22.1 Å². The molecule has 3 nitrogen and oxygen atoms in total. The highest BCUT2D eigenvalue weighted by Crippen LogP contribution is 2.43. The lowest BCUT2D eigenvalue weighted by Gasteiger charge is -2.18. The van der Waals surface area contributed by atoms with Crippen LogP contribution >= 0.6 is 11.3 Å². The molecule has 4 aromatic rings. The Kier molecular flexibility index (Phi) is 4.75. The minimum absolute atomic E-state index is 0.330. The number of fused-ring (bicyclic) bond motifs is 3. The molecule has 1 aliphatic carbocycles. The number of aryl methyl sites for hydroxylation is 1. The molecule has 2 aromatic heterocycles. The highest BCUT2D eigenvalue weighted by atomic mass is 32.2. The summed E-state index contributed by atoms with van der Waals surface area (Å²) >= 11 is 1.82. The van der Waals surface area contributed by atoms with Gasteiger partial charge in [0.25, 0.3) is 0 Å². The summed E-state index contributed by atoms with van der Waals surface area (Å²) in [4.78, 5) is 7.90. The Labute approximate surface area is 181 Å². The second kappa shape index (κ2) is 7.33. The number of rotatable bonds is 3. The molecule has 5 heteroatoms. The van der Waals surface area contributed by atoms with Gasteiger partial charge in [0.1, 0.15) is 4.83 Å². The number of aromatic nitrogens is 1. The standard InChI is InChI=1S/C25H23NO2S2/c1-16-8-13-20-23(14-16)29-25-24(20)21(17-6-4-3-5-7-17)15-22(26-25)18-9-11-19(12-10-18)30(2,27)28/h3-7,9-12,15-16H,8,13-14H2,1-2H3/t16-/m0/s1. The third-order valence-electron chi connectivity index (χ3n) is 5.93. The van der Waals surface area contributed by atoms with Gasteiger partial charge in [-0.2, -0.15) is 0 Å². The fraction of sp³-hybridized carbons (Fsp3) is 0.240. The quantitative estimate of drug-likeness (QED) is 0.389. The van der Waals surface area contributed by atoms with Crippen LogP contribution in [0.15, 0.2) is 65.6 Å². The summed E-state index contributed by atoms with van der Waals surface area (Å²) in [5.74, 6) is 0.716. The minimum Gasteiger partial charge on any atom is -0.237 e. The smallest absolute Gasteiger partial charge is 0.175 e. The van der Waals surface area contributed by atoms with Crippen LogP contribution in [0.4, 0.5) is 0 Å². The highest BCUT2D eigenvalue weighted by Gasteiger charge is 2.24. The van der Waals surface area contributed by atoms with E-state index in [4.69, 9.17) is 4.98 Å². The van der Waals surface area contributed by atoms with Crippen LogP contribution in [0.1, 0.15) is 23.8 Å². The summed E-state index contributed by atoms with van der Waals surface area (Å²) < 4.78 is 23.6. The van der Waals surface area contributed by atoms with Crippen LogP contribution in [0.5, 0.6) is 0 Å². The molecule has 2 aromatic carbocycles. The topological polar surface area (TPSA) is 47.0 Å². The fourth-order valence-electron chi connectivity index (χ4n) is 4.31. The lowest BCUT2D eigenvalue weighted by Crippen LogP contribution is -2.08. The summed E-state index contributed by atoms with van der Waals surface area (Å²) in [6, 6.07) is 19.7. The minimum atomic E-state index is -3.21. The first-order chi connectivity index (χ1) is 14.4. The lowest BCUT2D eigenvalue weighted by atomic mass is 9.87.